The van der Waals surface area contributed by atoms with E-state index in [4.69, 9.17) is 0 Å². The smallest absolute Gasteiger partial charge is 0.219 e. The van der Waals surface area contributed by atoms with Crippen LogP contribution in [0.5, 0.6) is 5.88 Å². The summed E-state index contributed by atoms with van der Waals surface area (Å²) in [6.07, 6.45) is 2.56. The number of imidazole rings is 1. The molecule has 0 aliphatic rings. The predicted molar refractivity (Wildman–Crippen MR) is 46.2 cm³/mol. The summed E-state index contributed by atoms with van der Waals surface area (Å²) in [5.41, 5.74) is 1.55. The lowest BCUT2D eigenvalue weighted by molar-refractivity contribution is 0.442. The molecule has 0 radical (unpaired) electrons. The molecule has 0 aromatic carbocycles. The third-order valence-electron chi connectivity index (χ3n) is 1.91. The maximum Gasteiger partial charge on any atom is 0.219 e. The van der Waals surface area contributed by atoms with Gasteiger partial charge < -0.3 is 5.11 Å². The van der Waals surface area contributed by atoms with Crippen LogP contribution in [0.15, 0.2) is 24.4 Å². The van der Waals surface area contributed by atoms with Crippen molar-refractivity contribution in [2.45, 2.75) is 13.3 Å². The maximum absolute atomic E-state index is 9.59. The van der Waals surface area contributed by atoms with Crippen LogP contribution >= 0.6 is 0 Å². The number of pyridine rings is 1. The van der Waals surface area contributed by atoms with E-state index in [-0.39, 0.29) is 5.88 Å². The highest BCUT2D eigenvalue weighted by Crippen LogP contribution is 2.18. The van der Waals surface area contributed by atoms with Gasteiger partial charge in [-0.25, -0.2) is 4.98 Å². The van der Waals surface area contributed by atoms with Crippen molar-refractivity contribution in [1.29, 1.82) is 0 Å². The highest BCUT2D eigenvalue weighted by molar-refractivity contribution is 5.45. The van der Waals surface area contributed by atoms with Gasteiger partial charge in [-0.15, -0.1) is 0 Å². The van der Waals surface area contributed by atoms with Crippen molar-refractivity contribution in [3.63, 3.8) is 0 Å². The average molecular weight is 162 g/mol. The summed E-state index contributed by atoms with van der Waals surface area (Å²) in [5.74, 6) is 0.258. The van der Waals surface area contributed by atoms with Gasteiger partial charge in [-0.3, -0.25) is 4.40 Å². The minimum Gasteiger partial charge on any atom is -0.493 e. The molecule has 1 N–H and O–H groups in total. The Morgan fingerprint density at radius 1 is 1.50 bits per heavy atom. The number of aromatic hydroxyl groups is 1. The van der Waals surface area contributed by atoms with E-state index < -0.39 is 0 Å². The summed E-state index contributed by atoms with van der Waals surface area (Å²) in [6.45, 7) is 1.97. The van der Waals surface area contributed by atoms with Crippen molar-refractivity contribution in [3.8, 4) is 5.88 Å². The number of aromatic nitrogens is 2. The van der Waals surface area contributed by atoms with Crippen LogP contribution in [-0.2, 0) is 6.42 Å². The van der Waals surface area contributed by atoms with Gasteiger partial charge in [-0.1, -0.05) is 13.0 Å². The Kier molecular flexibility index (Phi) is 1.50. The topological polar surface area (TPSA) is 37.5 Å². The molecule has 0 saturated carbocycles. The molecule has 2 heterocycles. The van der Waals surface area contributed by atoms with Crippen molar-refractivity contribution in [2.24, 2.45) is 0 Å². The highest BCUT2D eigenvalue weighted by Gasteiger charge is 2.06. The number of hydrogen-bond acceptors (Lipinski definition) is 2. The van der Waals surface area contributed by atoms with Crippen molar-refractivity contribution >= 4 is 5.65 Å². The monoisotopic (exact) mass is 162 g/mol. The molecule has 0 aliphatic carbocycles. The molecule has 0 spiro atoms. The summed E-state index contributed by atoms with van der Waals surface area (Å²) in [4.78, 5) is 4.24. The summed E-state index contributed by atoms with van der Waals surface area (Å²) in [5, 5.41) is 9.59. The van der Waals surface area contributed by atoms with Crippen LogP contribution in [0.1, 0.15) is 12.6 Å². The van der Waals surface area contributed by atoms with Crippen LogP contribution in [0.3, 0.4) is 0 Å². The quantitative estimate of drug-likeness (QED) is 0.691. The van der Waals surface area contributed by atoms with Crippen LogP contribution in [0.4, 0.5) is 0 Å². The third kappa shape index (κ3) is 0.863. The first-order valence-electron chi connectivity index (χ1n) is 3.98. The van der Waals surface area contributed by atoms with Crippen LogP contribution in [-0.4, -0.2) is 14.5 Å². The van der Waals surface area contributed by atoms with Crippen molar-refractivity contribution < 1.29 is 5.11 Å². The zero-order chi connectivity index (χ0) is 8.55. The molecule has 3 nitrogen and oxygen atoms in total. The van der Waals surface area contributed by atoms with Gasteiger partial charge in [0.15, 0.2) is 0 Å². The van der Waals surface area contributed by atoms with Gasteiger partial charge in [0.25, 0.3) is 0 Å². The molecular weight excluding hydrogens is 152 g/mol. The molecular formula is C9H10N2O. The van der Waals surface area contributed by atoms with E-state index in [0.717, 1.165) is 17.8 Å². The van der Waals surface area contributed by atoms with Crippen LogP contribution < -0.4 is 0 Å². The minimum atomic E-state index is 0.258. The molecule has 0 bridgehead atoms. The van der Waals surface area contributed by atoms with Gasteiger partial charge in [-0.2, -0.15) is 0 Å². The number of fused-ring (bicyclic) bond motifs is 1. The summed E-state index contributed by atoms with van der Waals surface area (Å²) >= 11 is 0. The van der Waals surface area contributed by atoms with E-state index in [0.29, 0.717) is 0 Å². The number of nitrogens with zero attached hydrogens (tertiary/aromatic N) is 2. The second-order valence-corrected chi connectivity index (χ2v) is 2.66. The largest absolute Gasteiger partial charge is 0.493 e. The first-order chi connectivity index (χ1) is 5.83. The number of rotatable bonds is 1. The zero-order valence-electron chi connectivity index (χ0n) is 6.86. The van der Waals surface area contributed by atoms with Gasteiger partial charge in [0.05, 0.1) is 0 Å². The van der Waals surface area contributed by atoms with Crippen molar-refractivity contribution in [3.05, 3.63) is 30.1 Å². The first kappa shape index (κ1) is 7.16. The molecule has 0 fully saturated rings. The minimum absolute atomic E-state index is 0.258. The lowest BCUT2D eigenvalue weighted by Gasteiger charge is -1.92. The molecule has 2 aromatic rings. The van der Waals surface area contributed by atoms with Gasteiger partial charge in [0.1, 0.15) is 11.3 Å². The van der Waals surface area contributed by atoms with Crippen LogP contribution in [0.25, 0.3) is 5.65 Å². The Morgan fingerprint density at radius 3 is 3.00 bits per heavy atom. The Balaban J connectivity index is 2.78. The van der Waals surface area contributed by atoms with Crippen molar-refractivity contribution in [1.82, 2.24) is 9.38 Å². The molecule has 12 heavy (non-hydrogen) atoms. The predicted octanol–water partition coefficient (Wildman–Crippen LogP) is 1.60. The normalized spacial score (nSPS) is 10.8. The average Bonchev–Trinajstić information content (AvgIpc) is 2.44. The second-order valence-electron chi connectivity index (χ2n) is 2.66. The molecule has 0 amide bonds. The van der Waals surface area contributed by atoms with Gasteiger partial charge in [-0.05, 0) is 18.6 Å². The lowest BCUT2D eigenvalue weighted by atomic mass is 10.4. The Labute approximate surface area is 70.3 Å². The van der Waals surface area contributed by atoms with Crippen LogP contribution in [0, 0.1) is 0 Å². The Hall–Kier alpha value is -1.51. The van der Waals surface area contributed by atoms with Gasteiger partial charge >= 0.3 is 0 Å². The molecule has 2 rings (SSSR count). The lowest BCUT2D eigenvalue weighted by Crippen LogP contribution is -1.81. The molecule has 62 valence electrons. The molecule has 0 aliphatic heterocycles. The Bertz CT molecular complexity index is 406. The Morgan fingerprint density at radius 2 is 2.33 bits per heavy atom. The maximum atomic E-state index is 9.59. The van der Waals surface area contributed by atoms with Crippen LogP contribution in [0.2, 0.25) is 0 Å². The summed E-state index contributed by atoms with van der Waals surface area (Å²) < 4.78 is 1.68. The number of hydrogen-bond donors (Lipinski definition) is 1. The molecule has 0 atom stereocenters. The van der Waals surface area contributed by atoms with E-state index in [2.05, 4.69) is 4.98 Å². The summed E-state index contributed by atoms with van der Waals surface area (Å²) in [6, 6.07) is 5.65. The van der Waals surface area contributed by atoms with E-state index in [1.54, 1.807) is 10.6 Å². The first-order valence-corrected chi connectivity index (χ1v) is 3.98. The molecule has 0 unspecified atom stereocenters. The molecule has 0 saturated heterocycles. The number of aryl methyl sites for hydroxylation is 1. The standard InChI is InChI=1S/C9H10N2O/c1-2-7-9(12)11-6-4-3-5-8(11)10-7/h3-6,12H,2H2,1H3. The molecule has 3 heteroatoms. The van der Waals surface area contributed by atoms with E-state index in [9.17, 15) is 5.11 Å². The van der Waals surface area contributed by atoms with Gasteiger partial charge in [0, 0.05) is 6.20 Å². The molecule has 2 aromatic heterocycles. The fourth-order valence-corrected chi connectivity index (χ4v) is 1.27. The van der Waals surface area contributed by atoms with Gasteiger partial charge in [0.2, 0.25) is 5.88 Å². The van der Waals surface area contributed by atoms with E-state index in [1.165, 1.54) is 0 Å². The highest BCUT2D eigenvalue weighted by atomic mass is 16.3. The van der Waals surface area contributed by atoms with Crippen molar-refractivity contribution in [2.75, 3.05) is 0 Å². The third-order valence-corrected chi connectivity index (χ3v) is 1.91. The fraction of sp³-hybridized carbons (Fsp3) is 0.222. The zero-order valence-corrected chi connectivity index (χ0v) is 6.86. The SMILES string of the molecule is CCc1nc2ccccn2c1O. The van der Waals surface area contributed by atoms with E-state index >= 15 is 0 Å². The second kappa shape index (κ2) is 2.52. The fourth-order valence-electron chi connectivity index (χ4n) is 1.27. The van der Waals surface area contributed by atoms with E-state index in [1.807, 2.05) is 25.1 Å². The summed E-state index contributed by atoms with van der Waals surface area (Å²) in [7, 11) is 0.